The van der Waals surface area contributed by atoms with Crippen molar-refractivity contribution in [3.8, 4) is 22.8 Å². The van der Waals surface area contributed by atoms with Gasteiger partial charge in [0.15, 0.2) is 5.43 Å². The number of carbonyl (C=O) groups is 1. The van der Waals surface area contributed by atoms with Crippen LogP contribution in [0.3, 0.4) is 0 Å². The number of halogens is 1. The van der Waals surface area contributed by atoms with Crippen molar-refractivity contribution >= 4 is 28.5 Å². The van der Waals surface area contributed by atoms with Crippen LogP contribution in [-0.2, 0) is 9.53 Å². The van der Waals surface area contributed by atoms with E-state index in [1.54, 1.807) is 24.3 Å². The van der Waals surface area contributed by atoms with Crippen molar-refractivity contribution in [3.63, 3.8) is 0 Å². The second kappa shape index (κ2) is 9.45. The van der Waals surface area contributed by atoms with Crippen molar-refractivity contribution in [2.75, 3.05) is 20.1 Å². The Morgan fingerprint density at radius 1 is 1.24 bits per heavy atom. The molecule has 1 aliphatic rings. The van der Waals surface area contributed by atoms with Crippen molar-refractivity contribution in [2.24, 2.45) is 0 Å². The number of benzene rings is 2. The molecular weight excluding hydrogens is 446 g/mol. The van der Waals surface area contributed by atoms with E-state index in [0.29, 0.717) is 48.5 Å². The maximum Gasteiger partial charge on any atom is 0.306 e. The number of ether oxygens (including phenoxy) is 1. The first-order valence-electron chi connectivity index (χ1n) is 11.0. The molecule has 4 rings (SSSR count). The summed E-state index contributed by atoms with van der Waals surface area (Å²) in [6.07, 6.45) is 0.973. The number of fused-ring (bicyclic) bond motifs is 1. The fourth-order valence-electron chi connectivity index (χ4n) is 4.43. The molecule has 1 fully saturated rings. The predicted molar refractivity (Wildman–Crippen MR) is 126 cm³/mol. The van der Waals surface area contributed by atoms with Crippen molar-refractivity contribution in [1.29, 1.82) is 0 Å². The van der Waals surface area contributed by atoms with Gasteiger partial charge in [0, 0.05) is 42.1 Å². The van der Waals surface area contributed by atoms with Crippen LogP contribution < -0.4 is 5.43 Å². The molecule has 2 aromatic carbocycles. The standard InChI is InChI=1S/C25H26ClNO6/c1-3-6-22(31)32-21-13-27(2)10-9-15(21)23-17(28)11-18(29)24-19(30)12-20(33-25(23)24)14-7-4-5-8-16(14)26/h4-5,7-8,11-12,15,21,28-29H,3,6,9-10,13H2,1-2H3. The average molecular weight is 472 g/mol. The second-order valence-electron chi connectivity index (χ2n) is 8.42. The van der Waals surface area contributed by atoms with Crippen molar-refractivity contribution < 1.29 is 24.2 Å². The van der Waals surface area contributed by atoms with E-state index in [2.05, 4.69) is 0 Å². The highest BCUT2D eigenvalue weighted by Crippen LogP contribution is 2.43. The van der Waals surface area contributed by atoms with Crippen LogP contribution in [0.15, 0.2) is 45.6 Å². The lowest BCUT2D eigenvalue weighted by atomic mass is 9.85. The lowest BCUT2D eigenvalue weighted by Gasteiger charge is -2.36. The quantitative estimate of drug-likeness (QED) is 0.522. The zero-order valence-electron chi connectivity index (χ0n) is 18.5. The Balaban J connectivity index is 1.91. The predicted octanol–water partition coefficient (Wildman–Crippen LogP) is 4.66. The maximum atomic E-state index is 13.0. The third kappa shape index (κ3) is 4.56. The van der Waals surface area contributed by atoms with Gasteiger partial charge >= 0.3 is 5.97 Å². The fourth-order valence-corrected chi connectivity index (χ4v) is 4.66. The van der Waals surface area contributed by atoms with Gasteiger partial charge in [0.05, 0.1) is 5.02 Å². The highest BCUT2D eigenvalue weighted by atomic mass is 35.5. The zero-order chi connectivity index (χ0) is 23.7. The van der Waals surface area contributed by atoms with Crippen LogP contribution in [0.1, 0.15) is 37.7 Å². The van der Waals surface area contributed by atoms with Gasteiger partial charge < -0.3 is 24.3 Å². The van der Waals surface area contributed by atoms with E-state index in [4.69, 9.17) is 20.8 Å². The van der Waals surface area contributed by atoms with E-state index in [0.717, 1.165) is 6.07 Å². The number of hydrogen-bond donors (Lipinski definition) is 2. The summed E-state index contributed by atoms with van der Waals surface area (Å²) in [5.74, 6) is -1.11. The topological polar surface area (TPSA) is 100 Å². The van der Waals surface area contributed by atoms with E-state index in [9.17, 15) is 19.8 Å². The molecule has 0 spiro atoms. The Bertz CT molecular complexity index is 1250. The number of esters is 1. The molecule has 0 radical (unpaired) electrons. The minimum Gasteiger partial charge on any atom is -0.507 e. The third-order valence-electron chi connectivity index (χ3n) is 6.01. The molecular formula is C25H26ClNO6. The lowest BCUT2D eigenvalue weighted by Crippen LogP contribution is -2.43. The van der Waals surface area contributed by atoms with Crippen LogP contribution in [0, 0.1) is 0 Å². The first-order chi connectivity index (χ1) is 15.8. The molecule has 0 aliphatic carbocycles. The number of piperidine rings is 1. The Hall–Kier alpha value is -3.03. The maximum absolute atomic E-state index is 13.0. The number of phenols is 2. The number of likely N-dealkylation sites (tertiary alicyclic amines) is 1. The normalized spacial score (nSPS) is 19.0. The SMILES string of the molecule is CCCC(=O)OC1CN(C)CCC1c1c(O)cc(O)c2c(=O)cc(-c3ccccc3Cl)oc12. The summed E-state index contributed by atoms with van der Waals surface area (Å²) in [5.41, 5.74) is 0.468. The molecule has 2 N–H and O–H groups in total. The molecule has 0 amide bonds. The first kappa shape index (κ1) is 23.1. The van der Waals surface area contributed by atoms with E-state index < -0.39 is 17.5 Å². The molecule has 33 heavy (non-hydrogen) atoms. The highest BCUT2D eigenvalue weighted by molar-refractivity contribution is 6.33. The summed E-state index contributed by atoms with van der Waals surface area (Å²) in [6.45, 7) is 3.06. The number of aromatic hydroxyl groups is 2. The molecule has 2 heterocycles. The van der Waals surface area contributed by atoms with Crippen LogP contribution in [0.4, 0.5) is 0 Å². The summed E-state index contributed by atoms with van der Waals surface area (Å²) in [7, 11) is 1.93. The summed E-state index contributed by atoms with van der Waals surface area (Å²) < 4.78 is 11.9. The Labute approximate surface area is 196 Å². The fraction of sp³-hybridized carbons (Fsp3) is 0.360. The van der Waals surface area contributed by atoms with Gasteiger partial charge in [-0.2, -0.15) is 0 Å². The molecule has 2 unspecified atom stereocenters. The van der Waals surface area contributed by atoms with Crippen LogP contribution in [-0.4, -0.2) is 47.3 Å². The number of carbonyl (C=O) groups excluding carboxylic acids is 1. The van der Waals surface area contributed by atoms with E-state index in [1.807, 2.05) is 18.9 Å². The number of nitrogens with zero attached hydrogens (tertiary/aromatic N) is 1. The van der Waals surface area contributed by atoms with Crippen LogP contribution in [0.2, 0.25) is 5.02 Å². The lowest BCUT2D eigenvalue weighted by molar-refractivity contribution is -0.152. The van der Waals surface area contributed by atoms with Crippen molar-refractivity contribution in [3.05, 3.63) is 57.2 Å². The number of rotatable bonds is 5. The number of likely N-dealkylation sites (N-methyl/N-ethyl adjacent to an activating group) is 1. The van der Waals surface area contributed by atoms with Gasteiger partial charge in [-0.25, -0.2) is 0 Å². The minimum atomic E-state index is -0.546. The minimum absolute atomic E-state index is 0.0313. The summed E-state index contributed by atoms with van der Waals surface area (Å²) >= 11 is 6.32. The average Bonchev–Trinajstić information content (AvgIpc) is 2.75. The van der Waals surface area contributed by atoms with E-state index in [-0.39, 0.29) is 34.2 Å². The van der Waals surface area contributed by atoms with Gasteiger partial charge in [-0.1, -0.05) is 30.7 Å². The molecule has 8 heteroatoms. The molecule has 1 aromatic heterocycles. The smallest absolute Gasteiger partial charge is 0.306 e. The van der Waals surface area contributed by atoms with Gasteiger partial charge in [-0.3, -0.25) is 9.59 Å². The number of phenolic OH excluding ortho intramolecular Hbond substituents is 2. The van der Waals surface area contributed by atoms with E-state index >= 15 is 0 Å². The van der Waals surface area contributed by atoms with Crippen molar-refractivity contribution in [2.45, 2.75) is 38.2 Å². The Morgan fingerprint density at radius 3 is 2.73 bits per heavy atom. The molecule has 7 nitrogen and oxygen atoms in total. The summed E-state index contributed by atoms with van der Waals surface area (Å²) in [4.78, 5) is 27.4. The van der Waals surface area contributed by atoms with Crippen LogP contribution in [0.5, 0.6) is 11.5 Å². The van der Waals surface area contributed by atoms with Gasteiger partial charge in [-0.15, -0.1) is 0 Å². The van der Waals surface area contributed by atoms with Gasteiger partial charge in [0.1, 0.15) is 34.3 Å². The van der Waals surface area contributed by atoms with Crippen molar-refractivity contribution in [1.82, 2.24) is 4.90 Å². The van der Waals surface area contributed by atoms with Crippen LogP contribution in [0.25, 0.3) is 22.3 Å². The molecule has 1 saturated heterocycles. The van der Waals surface area contributed by atoms with Crippen LogP contribution >= 0.6 is 11.6 Å². The monoisotopic (exact) mass is 471 g/mol. The highest BCUT2D eigenvalue weighted by Gasteiger charge is 2.36. The molecule has 0 saturated carbocycles. The van der Waals surface area contributed by atoms with Gasteiger partial charge in [0.25, 0.3) is 0 Å². The van der Waals surface area contributed by atoms with Gasteiger partial charge in [-0.05, 0) is 38.6 Å². The third-order valence-corrected chi connectivity index (χ3v) is 6.34. The summed E-state index contributed by atoms with van der Waals surface area (Å²) in [5, 5.41) is 21.7. The molecule has 3 aromatic rings. The summed E-state index contributed by atoms with van der Waals surface area (Å²) in [6, 6.07) is 9.36. The first-order valence-corrected chi connectivity index (χ1v) is 11.3. The zero-order valence-corrected chi connectivity index (χ0v) is 19.3. The largest absolute Gasteiger partial charge is 0.507 e. The molecule has 0 bridgehead atoms. The second-order valence-corrected chi connectivity index (χ2v) is 8.83. The van der Waals surface area contributed by atoms with E-state index in [1.165, 1.54) is 6.07 Å². The number of hydrogen-bond acceptors (Lipinski definition) is 7. The Kier molecular flexibility index (Phi) is 6.63. The van der Waals surface area contributed by atoms with Gasteiger partial charge in [0.2, 0.25) is 0 Å². The Morgan fingerprint density at radius 2 is 2.00 bits per heavy atom. The molecule has 2 atom stereocenters. The molecule has 174 valence electrons. The molecule has 1 aliphatic heterocycles.